The molecule has 4 heteroatoms. The van der Waals surface area contributed by atoms with Crippen molar-refractivity contribution >= 4 is 5.91 Å². The number of hydrogen-bond acceptors (Lipinski definition) is 3. The Balaban J connectivity index is 2.45. The maximum Gasteiger partial charge on any atom is 0.287 e. The second-order valence-corrected chi connectivity index (χ2v) is 3.92. The van der Waals surface area contributed by atoms with Gasteiger partial charge >= 0.3 is 0 Å². The quantitative estimate of drug-likeness (QED) is 0.772. The standard InChI is InChI=1S/C12H20N2O2/c1-3-10-6-7-11(16-10)12(15)14-9(2)5-4-8-13/h6-7,9H,3-5,8,13H2,1-2H3,(H,14,15). The van der Waals surface area contributed by atoms with E-state index in [4.69, 9.17) is 10.2 Å². The molecule has 0 saturated carbocycles. The molecule has 4 nitrogen and oxygen atoms in total. The Morgan fingerprint density at radius 1 is 1.56 bits per heavy atom. The zero-order valence-electron chi connectivity index (χ0n) is 9.95. The molecule has 0 fully saturated rings. The normalized spacial score (nSPS) is 12.4. The lowest BCUT2D eigenvalue weighted by Gasteiger charge is -2.11. The molecular formula is C12H20N2O2. The van der Waals surface area contributed by atoms with Gasteiger partial charge < -0.3 is 15.5 Å². The van der Waals surface area contributed by atoms with Crippen LogP contribution in [0.3, 0.4) is 0 Å². The molecule has 0 radical (unpaired) electrons. The van der Waals surface area contributed by atoms with Crippen LogP contribution in [0.15, 0.2) is 16.5 Å². The summed E-state index contributed by atoms with van der Waals surface area (Å²) in [6.07, 6.45) is 2.61. The summed E-state index contributed by atoms with van der Waals surface area (Å²) in [5.74, 6) is 1.07. The monoisotopic (exact) mass is 224 g/mol. The lowest BCUT2D eigenvalue weighted by atomic mass is 10.2. The third-order valence-corrected chi connectivity index (χ3v) is 2.45. The van der Waals surface area contributed by atoms with E-state index in [2.05, 4.69) is 5.32 Å². The van der Waals surface area contributed by atoms with E-state index in [0.717, 1.165) is 25.0 Å². The summed E-state index contributed by atoms with van der Waals surface area (Å²) >= 11 is 0. The molecule has 0 aliphatic rings. The third-order valence-electron chi connectivity index (χ3n) is 2.45. The van der Waals surface area contributed by atoms with Crippen molar-refractivity contribution in [2.24, 2.45) is 5.73 Å². The van der Waals surface area contributed by atoms with E-state index in [9.17, 15) is 4.79 Å². The van der Waals surface area contributed by atoms with Crippen LogP contribution in [0.25, 0.3) is 0 Å². The van der Waals surface area contributed by atoms with Crippen LogP contribution in [-0.2, 0) is 6.42 Å². The molecule has 1 heterocycles. The van der Waals surface area contributed by atoms with Crippen LogP contribution in [0.4, 0.5) is 0 Å². The molecule has 0 spiro atoms. The van der Waals surface area contributed by atoms with Gasteiger partial charge in [0.1, 0.15) is 5.76 Å². The van der Waals surface area contributed by atoms with Gasteiger partial charge in [-0.2, -0.15) is 0 Å². The van der Waals surface area contributed by atoms with Gasteiger partial charge in [0.2, 0.25) is 0 Å². The van der Waals surface area contributed by atoms with Crippen molar-refractivity contribution in [1.29, 1.82) is 0 Å². The molecule has 1 unspecified atom stereocenters. The number of furan rings is 1. The van der Waals surface area contributed by atoms with E-state index in [-0.39, 0.29) is 11.9 Å². The molecule has 90 valence electrons. The number of aryl methyl sites for hydroxylation is 1. The molecule has 1 aromatic heterocycles. The number of amides is 1. The van der Waals surface area contributed by atoms with Crippen molar-refractivity contribution in [2.45, 2.75) is 39.2 Å². The molecule has 1 atom stereocenters. The van der Waals surface area contributed by atoms with Crippen LogP contribution >= 0.6 is 0 Å². The van der Waals surface area contributed by atoms with Crippen LogP contribution in [0.5, 0.6) is 0 Å². The van der Waals surface area contributed by atoms with Gasteiger partial charge in [0.25, 0.3) is 5.91 Å². The Hall–Kier alpha value is -1.29. The first kappa shape index (κ1) is 12.8. The number of nitrogens with one attached hydrogen (secondary N) is 1. The fourth-order valence-corrected chi connectivity index (χ4v) is 1.48. The highest BCUT2D eigenvalue weighted by Crippen LogP contribution is 2.08. The maximum absolute atomic E-state index is 11.7. The molecular weight excluding hydrogens is 204 g/mol. The SMILES string of the molecule is CCc1ccc(C(=O)NC(C)CCCN)o1. The van der Waals surface area contributed by atoms with E-state index >= 15 is 0 Å². The summed E-state index contributed by atoms with van der Waals surface area (Å²) in [6, 6.07) is 3.68. The van der Waals surface area contributed by atoms with Crippen LogP contribution in [-0.4, -0.2) is 18.5 Å². The number of rotatable bonds is 6. The van der Waals surface area contributed by atoms with Gasteiger partial charge in [-0.25, -0.2) is 0 Å². The summed E-state index contributed by atoms with van der Waals surface area (Å²) in [6.45, 7) is 4.61. The van der Waals surface area contributed by atoms with E-state index in [1.165, 1.54) is 0 Å². The number of hydrogen-bond donors (Lipinski definition) is 2. The van der Waals surface area contributed by atoms with E-state index in [1.807, 2.05) is 19.9 Å². The highest BCUT2D eigenvalue weighted by Gasteiger charge is 2.12. The first-order valence-corrected chi connectivity index (χ1v) is 5.77. The van der Waals surface area contributed by atoms with Gasteiger partial charge in [-0.1, -0.05) is 6.92 Å². The Kier molecular flexibility index (Phi) is 5.05. The van der Waals surface area contributed by atoms with Crippen molar-refractivity contribution < 1.29 is 9.21 Å². The third kappa shape index (κ3) is 3.70. The van der Waals surface area contributed by atoms with Crippen molar-refractivity contribution in [3.8, 4) is 0 Å². The lowest BCUT2D eigenvalue weighted by Crippen LogP contribution is -2.32. The largest absolute Gasteiger partial charge is 0.456 e. The minimum atomic E-state index is -0.149. The Morgan fingerprint density at radius 2 is 2.31 bits per heavy atom. The van der Waals surface area contributed by atoms with Crippen molar-refractivity contribution in [3.05, 3.63) is 23.7 Å². The summed E-state index contributed by atoms with van der Waals surface area (Å²) in [4.78, 5) is 11.7. The molecule has 0 bridgehead atoms. The first-order chi connectivity index (χ1) is 7.67. The van der Waals surface area contributed by atoms with Gasteiger partial charge in [0.15, 0.2) is 5.76 Å². The zero-order valence-corrected chi connectivity index (χ0v) is 9.95. The van der Waals surface area contributed by atoms with Crippen molar-refractivity contribution in [3.63, 3.8) is 0 Å². The topological polar surface area (TPSA) is 68.3 Å². The van der Waals surface area contributed by atoms with Crippen LogP contribution in [0.1, 0.15) is 43.0 Å². The molecule has 1 aromatic rings. The maximum atomic E-state index is 11.7. The van der Waals surface area contributed by atoms with Gasteiger partial charge in [-0.3, -0.25) is 4.79 Å². The molecule has 16 heavy (non-hydrogen) atoms. The van der Waals surface area contributed by atoms with Crippen LogP contribution < -0.4 is 11.1 Å². The molecule has 3 N–H and O–H groups in total. The zero-order chi connectivity index (χ0) is 12.0. The first-order valence-electron chi connectivity index (χ1n) is 5.77. The number of nitrogens with two attached hydrogens (primary N) is 1. The average Bonchev–Trinajstić information content (AvgIpc) is 2.74. The summed E-state index contributed by atoms with van der Waals surface area (Å²) in [7, 11) is 0. The molecule has 1 amide bonds. The van der Waals surface area contributed by atoms with Gasteiger partial charge in [-0.15, -0.1) is 0 Å². The molecule has 0 aliphatic heterocycles. The highest BCUT2D eigenvalue weighted by molar-refractivity contribution is 5.91. The molecule has 1 rings (SSSR count). The summed E-state index contributed by atoms with van der Waals surface area (Å²) in [5.41, 5.74) is 5.41. The minimum absolute atomic E-state index is 0.131. The van der Waals surface area contributed by atoms with Crippen LogP contribution in [0.2, 0.25) is 0 Å². The summed E-state index contributed by atoms with van der Waals surface area (Å²) < 4.78 is 5.36. The number of carbonyl (C=O) groups is 1. The van der Waals surface area contributed by atoms with Crippen LogP contribution in [0, 0.1) is 0 Å². The molecule has 0 aromatic carbocycles. The molecule has 0 saturated heterocycles. The Labute approximate surface area is 96.2 Å². The minimum Gasteiger partial charge on any atom is -0.456 e. The van der Waals surface area contributed by atoms with Gasteiger partial charge in [0, 0.05) is 12.5 Å². The Morgan fingerprint density at radius 3 is 2.88 bits per heavy atom. The highest BCUT2D eigenvalue weighted by atomic mass is 16.3. The van der Waals surface area contributed by atoms with Crippen molar-refractivity contribution in [2.75, 3.05) is 6.54 Å². The van der Waals surface area contributed by atoms with Gasteiger partial charge in [0.05, 0.1) is 0 Å². The second-order valence-electron chi connectivity index (χ2n) is 3.92. The smallest absolute Gasteiger partial charge is 0.287 e. The predicted octanol–water partition coefficient (Wildman–Crippen LogP) is 1.70. The summed E-state index contributed by atoms with van der Waals surface area (Å²) in [5, 5.41) is 2.88. The second kappa shape index (κ2) is 6.33. The van der Waals surface area contributed by atoms with E-state index in [1.54, 1.807) is 6.07 Å². The van der Waals surface area contributed by atoms with E-state index in [0.29, 0.717) is 12.3 Å². The van der Waals surface area contributed by atoms with Gasteiger partial charge in [-0.05, 0) is 38.4 Å². The fraction of sp³-hybridized carbons (Fsp3) is 0.583. The van der Waals surface area contributed by atoms with Crippen molar-refractivity contribution in [1.82, 2.24) is 5.32 Å². The number of carbonyl (C=O) groups excluding carboxylic acids is 1. The lowest BCUT2D eigenvalue weighted by molar-refractivity contribution is 0.0908. The fourth-order valence-electron chi connectivity index (χ4n) is 1.48. The average molecular weight is 224 g/mol. The Bertz CT molecular complexity index is 334. The predicted molar refractivity (Wildman–Crippen MR) is 63.3 cm³/mol. The molecule has 0 aliphatic carbocycles. The van der Waals surface area contributed by atoms with E-state index < -0.39 is 0 Å².